The Labute approximate surface area is 117 Å². The van der Waals surface area contributed by atoms with Gasteiger partial charge in [-0.05, 0) is 25.1 Å². The highest BCUT2D eigenvalue weighted by molar-refractivity contribution is 9.10. The number of sulfonamides is 1. The Morgan fingerprint density at radius 1 is 1.44 bits per heavy atom. The molecular formula is C12H18BrNO3S. The largest absolute Gasteiger partial charge is 0.383 e. The van der Waals surface area contributed by atoms with Gasteiger partial charge in [-0.25, -0.2) is 8.42 Å². The van der Waals surface area contributed by atoms with Crippen molar-refractivity contribution >= 4 is 26.0 Å². The first-order chi connectivity index (χ1) is 8.43. The minimum Gasteiger partial charge on any atom is -0.383 e. The van der Waals surface area contributed by atoms with E-state index in [9.17, 15) is 8.42 Å². The lowest BCUT2D eigenvalue weighted by atomic mass is 10.3. The number of ether oxygens (including phenoxy) is 1. The van der Waals surface area contributed by atoms with Gasteiger partial charge in [-0.15, -0.1) is 0 Å². The summed E-state index contributed by atoms with van der Waals surface area (Å²) < 4.78 is 32.2. The lowest BCUT2D eigenvalue weighted by Gasteiger charge is -2.26. The van der Waals surface area contributed by atoms with Crippen molar-refractivity contribution in [3.8, 4) is 0 Å². The average molecular weight is 336 g/mol. The Morgan fingerprint density at radius 3 is 2.61 bits per heavy atom. The first-order valence-electron chi connectivity index (χ1n) is 5.69. The first-order valence-corrected chi connectivity index (χ1v) is 7.93. The first kappa shape index (κ1) is 15.6. The summed E-state index contributed by atoms with van der Waals surface area (Å²) >= 11 is 3.29. The lowest BCUT2D eigenvalue weighted by Crippen LogP contribution is -2.40. The molecule has 0 spiro atoms. The third-order valence-corrected chi connectivity index (χ3v) is 5.19. The van der Waals surface area contributed by atoms with E-state index in [1.165, 1.54) is 4.31 Å². The molecule has 0 aliphatic rings. The van der Waals surface area contributed by atoms with Gasteiger partial charge in [0.15, 0.2) is 0 Å². The monoisotopic (exact) mass is 335 g/mol. The summed E-state index contributed by atoms with van der Waals surface area (Å²) in [6.45, 7) is 4.45. The third kappa shape index (κ3) is 3.54. The van der Waals surface area contributed by atoms with E-state index in [-0.39, 0.29) is 6.04 Å². The predicted molar refractivity (Wildman–Crippen MR) is 75.0 cm³/mol. The summed E-state index contributed by atoms with van der Waals surface area (Å²) in [5.74, 6) is 0. The molecule has 0 heterocycles. The second-order valence-electron chi connectivity index (χ2n) is 3.97. The third-order valence-electron chi connectivity index (χ3n) is 2.61. The highest BCUT2D eigenvalue weighted by atomic mass is 79.9. The number of rotatable bonds is 6. The van der Waals surface area contributed by atoms with E-state index >= 15 is 0 Å². The molecule has 102 valence electrons. The van der Waals surface area contributed by atoms with Crippen LogP contribution in [0.3, 0.4) is 0 Å². The highest BCUT2D eigenvalue weighted by Crippen LogP contribution is 2.21. The van der Waals surface area contributed by atoms with Gasteiger partial charge < -0.3 is 4.74 Å². The maximum atomic E-state index is 12.5. The van der Waals surface area contributed by atoms with Crippen LogP contribution < -0.4 is 0 Å². The van der Waals surface area contributed by atoms with Gasteiger partial charge in [0.25, 0.3) is 0 Å². The fourth-order valence-corrected chi connectivity index (χ4v) is 4.03. The Kier molecular flexibility index (Phi) is 5.78. The van der Waals surface area contributed by atoms with Crippen LogP contribution in [0, 0.1) is 0 Å². The van der Waals surface area contributed by atoms with Gasteiger partial charge in [0.2, 0.25) is 10.0 Å². The number of nitrogens with zero attached hydrogens (tertiary/aromatic N) is 1. The molecule has 1 atom stereocenters. The number of hydrogen-bond donors (Lipinski definition) is 0. The van der Waals surface area contributed by atoms with Gasteiger partial charge in [-0.2, -0.15) is 4.31 Å². The zero-order valence-electron chi connectivity index (χ0n) is 10.8. The van der Waals surface area contributed by atoms with Crippen molar-refractivity contribution in [3.05, 3.63) is 28.7 Å². The minimum absolute atomic E-state index is 0.191. The van der Waals surface area contributed by atoms with E-state index in [1.807, 2.05) is 13.8 Å². The number of methoxy groups -OCH3 is 1. The summed E-state index contributed by atoms with van der Waals surface area (Å²) in [6, 6.07) is 6.53. The molecule has 4 nitrogen and oxygen atoms in total. The molecule has 0 fully saturated rings. The molecule has 1 rings (SSSR count). The molecule has 6 heteroatoms. The number of likely N-dealkylation sites (N-methyl/N-ethyl adjacent to an activating group) is 1. The summed E-state index contributed by atoms with van der Waals surface area (Å²) in [5, 5.41) is 0. The standard InChI is InChI=1S/C12H18BrNO3S/c1-4-14(10(2)9-17-3)18(15,16)12-7-5-6-11(13)8-12/h5-8,10H,4,9H2,1-3H3/t10-/m1/s1. The van der Waals surface area contributed by atoms with Crippen LogP contribution in [0.15, 0.2) is 33.6 Å². The van der Waals surface area contributed by atoms with Crippen LogP contribution in [0.1, 0.15) is 13.8 Å². The summed E-state index contributed by atoms with van der Waals surface area (Å²) in [7, 11) is -1.91. The van der Waals surface area contributed by atoms with Gasteiger partial charge >= 0.3 is 0 Å². The summed E-state index contributed by atoms with van der Waals surface area (Å²) in [6.07, 6.45) is 0. The maximum absolute atomic E-state index is 12.5. The van der Waals surface area contributed by atoms with E-state index in [0.717, 1.165) is 4.47 Å². The fourth-order valence-electron chi connectivity index (χ4n) is 1.81. The lowest BCUT2D eigenvalue weighted by molar-refractivity contribution is 0.142. The van der Waals surface area contributed by atoms with Crippen LogP contribution in [-0.2, 0) is 14.8 Å². The molecule has 0 bridgehead atoms. The quantitative estimate of drug-likeness (QED) is 0.802. The molecule has 0 saturated heterocycles. The molecule has 0 aliphatic heterocycles. The molecule has 0 N–H and O–H groups in total. The van der Waals surface area contributed by atoms with Crippen LogP contribution in [0.5, 0.6) is 0 Å². The molecular weight excluding hydrogens is 318 g/mol. The predicted octanol–water partition coefficient (Wildman–Crippen LogP) is 2.49. The topological polar surface area (TPSA) is 46.6 Å². The van der Waals surface area contributed by atoms with Crippen molar-refractivity contribution in [2.45, 2.75) is 24.8 Å². The van der Waals surface area contributed by atoms with E-state index in [4.69, 9.17) is 4.74 Å². The van der Waals surface area contributed by atoms with Crippen molar-refractivity contribution in [1.82, 2.24) is 4.31 Å². The van der Waals surface area contributed by atoms with Crippen molar-refractivity contribution in [2.24, 2.45) is 0 Å². The van der Waals surface area contributed by atoms with Crippen LogP contribution >= 0.6 is 15.9 Å². The van der Waals surface area contributed by atoms with E-state index < -0.39 is 10.0 Å². The molecule has 0 amide bonds. The molecule has 0 unspecified atom stereocenters. The number of hydrogen-bond acceptors (Lipinski definition) is 3. The second kappa shape index (κ2) is 6.65. The van der Waals surface area contributed by atoms with Gasteiger partial charge in [-0.1, -0.05) is 28.9 Å². The van der Waals surface area contributed by atoms with Crippen LogP contribution in [0.2, 0.25) is 0 Å². The van der Waals surface area contributed by atoms with Crippen molar-refractivity contribution in [1.29, 1.82) is 0 Å². The Morgan fingerprint density at radius 2 is 2.11 bits per heavy atom. The Balaban J connectivity index is 3.11. The van der Waals surface area contributed by atoms with Crippen molar-refractivity contribution in [2.75, 3.05) is 20.3 Å². The highest BCUT2D eigenvalue weighted by Gasteiger charge is 2.27. The molecule has 0 saturated carbocycles. The SMILES string of the molecule is CCN([C@H](C)COC)S(=O)(=O)c1cccc(Br)c1. The van der Waals surface area contributed by atoms with Gasteiger partial charge in [0.05, 0.1) is 11.5 Å². The second-order valence-corrected chi connectivity index (χ2v) is 6.78. The van der Waals surface area contributed by atoms with Gasteiger partial charge in [0, 0.05) is 24.2 Å². The maximum Gasteiger partial charge on any atom is 0.243 e. The molecule has 0 aliphatic carbocycles. The van der Waals surface area contributed by atoms with Crippen molar-refractivity contribution in [3.63, 3.8) is 0 Å². The van der Waals surface area contributed by atoms with Crippen LogP contribution in [-0.4, -0.2) is 39.0 Å². The molecule has 0 radical (unpaired) electrons. The number of halogens is 1. The zero-order valence-corrected chi connectivity index (χ0v) is 13.2. The van der Waals surface area contributed by atoms with Crippen LogP contribution in [0.4, 0.5) is 0 Å². The van der Waals surface area contributed by atoms with E-state index in [2.05, 4.69) is 15.9 Å². The Bertz CT molecular complexity index is 490. The van der Waals surface area contributed by atoms with E-state index in [1.54, 1.807) is 31.4 Å². The molecule has 18 heavy (non-hydrogen) atoms. The fraction of sp³-hybridized carbons (Fsp3) is 0.500. The number of benzene rings is 1. The van der Waals surface area contributed by atoms with Crippen molar-refractivity contribution < 1.29 is 13.2 Å². The smallest absolute Gasteiger partial charge is 0.243 e. The summed E-state index contributed by atoms with van der Waals surface area (Å²) in [4.78, 5) is 0.293. The minimum atomic E-state index is -3.47. The summed E-state index contributed by atoms with van der Waals surface area (Å²) in [5.41, 5.74) is 0. The van der Waals surface area contributed by atoms with E-state index in [0.29, 0.717) is 18.0 Å². The van der Waals surface area contributed by atoms with Gasteiger partial charge in [0.1, 0.15) is 0 Å². The molecule has 1 aromatic rings. The van der Waals surface area contributed by atoms with Gasteiger partial charge in [-0.3, -0.25) is 0 Å². The normalized spacial score (nSPS) is 13.8. The molecule has 0 aromatic heterocycles. The van der Waals surface area contributed by atoms with Crippen LogP contribution in [0.25, 0.3) is 0 Å². The average Bonchev–Trinajstić information content (AvgIpc) is 2.30. The molecule has 1 aromatic carbocycles. The Hall–Kier alpha value is -0.430. The zero-order chi connectivity index (χ0) is 13.8.